The highest BCUT2D eigenvalue weighted by atomic mass is 35.5. The van der Waals surface area contributed by atoms with Crippen molar-refractivity contribution in [3.05, 3.63) is 28.3 Å². The van der Waals surface area contributed by atoms with E-state index >= 15 is 0 Å². The number of hydrogen-bond acceptors (Lipinski definition) is 4. The zero-order valence-corrected chi connectivity index (χ0v) is 12.2. The number of benzene rings is 1. The van der Waals surface area contributed by atoms with Gasteiger partial charge < -0.3 is 11.1 Å². The third-order valence-electron chi connectivity index (χ3n) is 3.39. The van der Waals surface area contributed by atoms with Gasteiger partial charge in [-0.1, -0.05) is 17.7 Å². The number of rotatable bonds is 3. The fourth-order valence-electron chi connectivity index (χ4n) is 2.04. The molecule has 0 fully saturated rings. The Kier molecular flexibility index (Phi) is 3.59. The standard InChI is InChI=1S/C12H15ClN2O3S/c1-6(19(2,17)18)12(14)8-3-7-4-11(16)15-10(7)5-9(8)13/h3,5-6,12H,4,14H2,1-2H3,(H,15,16). The van der Waals surface area contributed by atoms with Crippen molar-refractivity contribution in [3.63, 3.8) is 0 Å². The Labute approximate surface area is 117 Å². The molecule has 104 valence electrons. The highest BCUT2D eigenvalue weighted by Crippen LogP contribution is 2.34. The molecule has 0 saturated heterocycles. The van der Waals surface area contributed by atoms with Gasteiger partial charge in [-0.3, -0.25) is 4.79 Å². The summed E-state index contributed by atoms with van der Waals surface area (Å²) in [5.74, 6) is -0.104. The maximum atomic E-state index is 11.6. The van der Waals surface area contributed by atoms with E-state index in [4.69, 9.17) is 17.3 Å². The second-order valence-corrected chi connectivity index (χ2v) is 7.63. The molecule has 3 N–H and O–H groups in total. The molecule has 0 saturated carbocycles. The Morgan fingerprint density at radius 2 is 2.05 bits per heavy atom. The topological polar surface area (TPSA) is 89.3 Å². The minimum absolute atomic E-state index is 0.104. The summed E-state index contributed by atoms with van der Waals surface area (Å²) in [6.07, 6.45) is 1.41. The minimum Gasteiger partial charge on any atom is -0.325 e. The van der Waals surface area contributed by atoms with Gasteiger partial charge in [-0.15, -0.1) is 0 Å². The molecule has 1 aromatic rings. The van der Waals surface area contributed by atoms with Gasteiger partial charge in [0.15, 0.2) is 9.84 Å². The summed E-state index contributed by atoms with van der Waals surface area (Å²) in [6.45, 7) is 1.55. The van der Waals surface area contributed by atoms with E-state index in [1.165, 1.54) is 0 Å². The van der Waals surface area contributed by atoms with E-state index < -0.39 is 21.1 Å². The third-order valence-corrected chi connectivity index (χ3v) is 5.36. The maximum Gasteiger partial charge on any atom is 0.228 e. The van der Waals surface area contributed by atoms with Crippen LogP contribution in [0.25, 0.3) is 0 Å². The molecule has 0 spiro atoms. The summed E-state index contributed by atoms with van der Waals surface area (Å²) >= 11 is 6.12. The van der Waals surface area contributed by atoms with Gasteiger partial charge >= 0.3 is 0 Å². The zero-order valence-electron chi connectivity index (χ0n) is 10.6. The van der Waals surface area contributed by atoms with Crippen LogP contribution in [-0.4, -0.2) is 25.8 Å². The number of halogens is 1. The van der Waals surface area contributed by atoms with E-state index in [-0.39, 0.29) is 12.3 Å². The lowest BCUT2D eigenvalue weighted by molar-refractivity contribution is -0.115. The Hall–Kier alpha value is -1.11. The van der Waals surface area contributed by atoms with Crippen LogP contribution < -0.4 is 11.1 Å². The monoisotopic (exact) mass is 302 g/mol. The second-order valence-electron chi connectivity index (χ2n) is 4.82. The number of nitrogens with one attached hydrogen (secondary N) is 1. The highest BCUT2D eigenvalue weighted by molar-refractivity contribution is 7.91. The molecule has 0 aliphatic carbocycles. The largest absolute Gasteiger partial charge is 0.325 e. The Balaban J connectivity index is 2.42. The third kappa shape index (κ3) is 2.75. The molecule has 1 aromatic carbocycles. The minimum atomic E-state index is -3.26. The first-order chi connectivity index (χ1) is 8.70. The lowest BCUT2D eigenvalue weighted by Gasteiger charge is -2.20. The fraction of sp³-hybridized carbons (Fsp3) is 0.417. The number of fused-ring (bicyclic) bond motifs is 1. The van der Waals surface area contributed by atoms with Crippen molar-refractivity contribution in [2.45, 2.75) is 24.6 Å². The van der Waals surface area contributed by atoms with Gasteiger partial charge in [0.05, 0.1) is 11.7 Å². The first kappa shape index (κ1) is 14.3. The van der Waals surface area contributed by atoms with E-state index in [0.717, 1.165) is 11.8 Å². The van der Waals surface area contributed by atoms with E-state index in [2.05, 4.69) is 5.32 Å². The quantitative estimate of drug-likeness (QED) is 0.880. The molecule has 0 radical (unpaired) electrons. The first-order valence-electron chi connectivity index (χ1n) is 5.76. The second kappa shape index (κ2) is 4.77. The number of nitrogens with two attached hydrogens (primary N) is 1. The van der Waals surface area contributed by atoms with Gasteiger partial charge in [-0.2, -0.15) is 0 Å². The molecule has 1 heterocycles. The van der Waals surface area contributed by atoms with Gasteiger partial charge in [0.25, 0.3) is 0 Å². The Bertz CT molecular complexity index is 643. The number of anilines is 1. The summed E-state index contributed by atoms with van der Waals surface area (Å²) in [5.41, 5.74) is 7.99. The van der Waals surface area contributed by atoms with Gasteiger partial charge in [-0.05, 0) is 24.1 Å². The molecular formula is C12H15ClN2O3S. The van der Waals surface area contributed by atoms with Gasteiger partial charge in [0.1, 0.15) is 0 Å². The smallest absolute Gasteiger partial charge is 0.228 e. The molecule has 1 amide bonds. The van der Waals surface area contributed by atoms with Crippen molar-refractivity contribution in [1.82, 2.24) is 0 Å². The van der Waals surface area contributed by atoms with Gasteiger partial charge in [0, 0.05) is 23.0 Å². The Morgan fingerprint density at radius 3 is 2.63 bits per heavy atom. The van der Waals surface area contributed by atoms with E-state index in [0.29, 0.717) is 16.3 Å². The summed E-state index contributed by atoms with van der Waals surface area (Å²) in [5, 5.41) is 2.30. The molecule has 0 aromatic heterocycles. The van der Waals surface area contributed by atoms with Crippen molar-refractivity contribution in [1.29, 1.82) is 0 Å². The van der Waals surface area contributed by atoms with Crippen LogP contribution in [0.15, 0.2) is 12.1 Å². The van der Waals surface area contributed by atoms with Crippen molar-refractivity contribution >= 4 is 33.0 Å². The number of amides is 1. The van der Waals surface area contributed by atoms with Crippen LogP contribution in [0.3, 0.4) is 0 Å². The van der Waals surface area contributed by atoms with E-state index in [1.807, 2.05) is 0 Å². The predicted octanol–water partition coefficient (Wildman–Crippen LogP) is 1.27. The zero-order chi connectivity index (χ0) is 14.4. The van der Waals surface area contributed by atoms with Gasteiger partial charge in [-0.25, -0.2) is 8.42 Å². The normalized spacial score (nSPS) is 17.8. The fourth-order valence-corrected chi connectivity index (χ4v) is 3.01. The molecule has 2 atom stereocenters. The molecule has 19 heavy (non-hydrogen) atoms. The van der Waals surface area contributed by atoms with Crippen LogP contribution >= 0.6 is 11.6 Å². The molecule has 7 heteroatoms. The Morgan fingerprint density at radius 1 is 1.42 bits per heavy atom. The lowest BCUT2D eigenvalue weighted by Crippen LogP contribution is -2.30. The predicted molar refractivity (Wildman–Crippen MR) is 75.0 cm³/mol. The first-order valence-corrected chi connectivity index (χ1v) is 8.10. The van der Waals surface area contributed by atoms with Gasteiger partial charge in [0.2, 0.25) is 5.91 Å². The molecular weight excluding hydrogens is 288 g/mol. The molecule has 5 nitrogen and oxygen atoms in total. The summed E-state index contributed by atoms with van der Waals surface area (Å²) in [7, 11) is -3.26. The van der Waals surface area contributed by atoms with Crippen LogP contribution in [-0.2, 0) is 21.1 Å². The number of carbonyl (C=O) groups is 1. The van der Waals surface area contributed by atoms with Crippen molar-refractivity contribution in [2.24, 2.45) is 5.73 Å². The van der Waals surface area contributed by atoms with Crippen molar-refractivity contribution in [3.8, 4) is 0 Å². The van der Waals surface area contributed by atoms with Crippen LogP contribution in [0.2, 0.25) is 5.02 Å². The van der Waals surface area contributed by atoms with E-state index in [9.17, 15) is 13.2 Å². The molecule has 2 rings (SSSR count). The van der Waals surface area contributed by atoms with Crippen LogP contribution in [0, 0.1) is 0 Å². The number of sulfone groups is 1. The lowest BCUT2D eigenvalue weighted by atomic mass is 10.0. The average Bonchev–Trinajstić information content (AvgIpc) is 2.64. The summed E-state index contributed by atoms with van der Waals surface area (Å²) in [4.78, 5) is 11.3. The SMILES string of the molecule is CC(C(N)c1cc2c(cc1Cl)NC(=O)C2)S(C)(=O)=O. The van der Waals surface area contributed by atoms with Crippen molar-refractivity contribution in [2.75, 3.05) is 11.6 Å². The summed E-state index contributed by atoms with van der Waals surface area (Å²) < 4.78 is 23.1. The molecule has 1 aliphatic rings. The molecule has 1 aliphatic heterocycles. The number of carbonyl (C=O) groups excluding carboxylic acids is 1. The van der Waals surface area contributed by atoms with E-state index in [1.54, 1.807) is 19.1 Å². The van der Waals surface area contributed by atoms with Crippen LogP contribution in [0.4, 0.5) is 5.69 Å². The highest BCUT2D eigenvalue weighted by Gasteiger charge is 2.28. The number of hydrogen-bond donors (Lipinski definition) is 2. The van der Waals surface area contributed by atoms with Crippen LogP contribution in [0.5, 0.6) is 0 Å². The van der Waals surface area contributed by atoms with Crippen LogP contribution in [0.1, 0.15) is 24.1 Å². The molecule has 0 bridgehead atoms. The maximum absolute atomic E-state index is 11.6. The molecule has 2 unspecified atom stereocenters. The average molecular weight is 303 g/mol. The van der Waals surface area contributed by atoms with Crippen molar-refractivity contribution < 1.29 is 13.2 Å². The summed E-state index contributed by atoms with van der Waals surface area (Å²) in [6, 6.07) is 2.61.